The third-order valence-electron chi connectivity index (χ3n) is 3.77. The Hall–Kier alpha value is -0.960. The molecule has 0 bridgehead atoms. The second-order valence-electron chi connectivity index (χ2n) is 5.35. The largest absolute Gasteiger partial charge is 0.417 e. The number of likely N-dealkylation sites (tertiary alicyclic amines) is 1. The summed E-state index contributed by atoms with van der Waals surface area (Å²) in [5.74, 6) is 0.0951. The smallest absolute Gasteiger partial charge is 0.368 e. The Balaban J connectivity index is 0.00000288. The van der Waals surface area contributed by atoms with Crippen LogP contribution in [-0.2, 0) is 11.0 Å². The van der Waals surface area contributed by atoms with E-state index < -0.39 is 11.7 Å². The minimum atomic E-state index is -4.49. The molecule has 1 saturated heterocycles. The summed E-state index contributed by atoms with van der Waals surface area (Å²) < 4.78 is 37.6. The van der Waals surface area contributed by atoms with Crippen molar-refractivity contribution in [2.45, 2.75) is 31.5 Å². The number of halogens is 6. The normalized spacial score (nSPS) is 16.8. The molecule has 1 fully saturated rings. The molecule has 0 saturated carbocycles. The van der Waals surface area contributed by atoms with Crippen molar-refractivity contribution in [2.75, 3.05) is 25.0 Å². The van der Waals surface area contributed by atoms with Crippen LogP contribution in [0.25, 0.3) is 0 Å². The minimum Gasteiger partial charge on any atom is -0.368 e. The Bertz CT molecular complexity index is 575. The van der Waals surface area contributed by atoms with Gasteiger partial charge in [0.15, 0.2) is 0 Å². The van der Waals surface area contributed by atoms with Crippen LogP contribution in [0, 0.1) is 0 Å². The highest BCUT2D eigenvalue weighted by atomic mass is 35.5. The van der Waals surface area contributed by atoms with Gasteiger partial charge in [-0.2, -0.15) is 13.2 Å². The summed E-state index contributed by atoms with van der Waals surface area (Å²) in [5.41, 5.74) is 4.71. The molecule has 1 aliphatic rings. The highest BCUT2D eigenvalue weighted by Gasteiger charge is 2.31. The number of nitrogens with zero attached hydrogens (tertiary/aromatic N) is 2. The van der Waals surface area contributed by atoms with Crippen molar-refractivity contribution >= 4 is 48.1 Å². The van der Waals surface area contributed by atoms with Crippen LogP contribution in [0.2, 0.25) is 5.02 Å². The predicted molar refractivity (Wildman–Crippen MR) is 95.6 cm³/mol. The fourth-order valence-electron chi connectivity index (χ4n) is 2.56. The van der Waals surface area contributed by atoms with E-state index in [-0.39, 0.29) is 60.6 Å². The number of nitrogens with two attached hydrogens (primary N) is 1. The molecule has 1 aliphatic heterocycles. The quantitative estimate of drug-likeness (QED) is 0.762. The highest BCUT2D eigenvalue weighted by molar-refractivity contribution is 6.32. The molecule has 11 heteroatoms. The van der Waals surface area contributed by atoms with Gasteiger partial charge in [-0.25, -0.2) is 4.98 Å². The van der Waals surface area contributed by atoms with Gasteiger partial charge >= 0.3 is 6.18 Å². The van der Waals surface area contributed by atoms with Gasteiger partial charge in [0.05, 0.1) is 10.6 Å². The Morgan fingerprint density at radius 1 is 1.44 bits per heavy atom. The summed E-state index contributed by atoms with van der Waals surface area (Å²) in [6.07, 6.45) is -1.73. The summed E-state index contributed by atoms with van der Waals surface area (Å²) in [4.78, 5) is 17.5. The fourth-order valence-corrected chi connectivity index (χ4v) is 2.80. The zero-order valence-corrected chi connectivity index (χ0v) is 15.6. The molecule has 0 spiro atoms. The lowest BCUT2D eigenvalue weighted by molar-refractivity contribution is -0.137. The van der Waals surface area contributed by atoms with Gasteiger partial charge in [0.2, 0.25) is 5.91 Å². The van der Waals surface area contributed by atoms with Crippen LogP contribution in [0.1, 0.15) is 24.8 Å². The first-order valence-corrected chi connectivity index (χ1v) is 7.67. The van der Waals surface area contributed by atoms with Gasteiger partial charge in [-0.15, -0.1) is 24.8 Å². The molecule has 0 aromatic carbocycles. The predicted octanol–water partition coefficient (Wildman–Crippen LogP) is 3.35. The molecule has 144 valence electrons. The lowest BCUT2D eigenvalue weighted by atomic mass is 10.2. The molecule has 2 rings (SSSR count). The number of aromatic nitrogens is 1. The molecule has 2 heterocycles. The van der Waals surface area contributed by atoms with Crippen molar-refractivity contribution in [3.8, 4) is 0 Å². The third-order valence-corrected chi connectivity index (χ3v) is 4.06. The van der Waals surface area contributed by atoms with E-state index in [0.29, 0.717) is 19.3 Å². The van der Waals surface area contributed by atoms with Gasteiger partial charge in [-0.05, 0) is 18.9 Å². The molecular weight excluding hydrogens is 404 g/mol. The van der Waals surface area contributed by atoms with Gasteiger partial charge in [0.1, 0.15) is 5.82 Å². The topological polar surface area (TPSA) is 71.2 Å². The van der Waals surface area contributed by atoms with Crippen LogP contribution < -0.4 is 11.1 Å². The number of carbonyl (C=O) groups is 1. The molecule has 1 unspecified atom stereocenters. The maximum Gasteiger partial charge on any atom is 0.417 e. The van der Waals surface area contributed by atoms with Crippen LogP contribution >= 0.6 is 36.4 Å². The van der Waals surface area contributed by atoms with Crippen LogP contribution in [-0.4, -0.2) is 41.5 Å². The summed E-state index contributed by atoms with van der Waals surface area (Å²) in [5, 5.41) is 2.66. The van der Waals surface area contributed by atoms with Crippen molar-refractivity contribution in [1.82, 2.24) is 9.88 Å². The molecule has 1 amide bonds. The molecule has 1 aromatic heterocycles. The number of amides is 1. The van der Waals surface area contributed by atoms with E-state index in [1.807, 2.05) is 0 Å². The van der Waals surface area contributed by atoms with E-state index in [9.17, 15) is 18.0 Å². The molecule has 3 N–H and O–H groups in total. The highest BCUT2D eigenvalue weighted by Crippen LogP contribution is 2.32. The van der Waals surface area contributed by atoms with E-state index >= 15 is 0 Å². The average Bonchev–Trinajstić information content (AvgIpc) is 2.96. The van der Waals surface area contributed by atoms with Crippen molar-refractivity contribution in [3.63, 3.8) is 0 Å². The van der Waals surface area contributed by atoms with Gasteiger partial charge in [0.25, 0.3) is 0 Å². The van der Waals surface area contributed by atoms with E-state index in [1.54, 1.807) is 4.90 Å². The second-order valence-corrected chi connectivity index (χ2v) is 5.76. The Morgan fingerprint density at radius 3 is 2.68 bits per heavy atom. The molecular formula is C14H20Cl3F3N4O. The first-order valence-electron chi connectivity index (χ1n) is 7.29. The van der Waals surface area contributed by atoms with Gasteiger partial charge in [-0.3, -0.25) is 4.79 Å². The maximum atomic E-state index is 12.5. The molecule has 1 atom stereocenters. The zero-order valence-electron chi connectivity index (χ0n) is 13.2. The lowest BCUT2D eigenvalue weighted by Crippen LogP contribution is -2.40. The molecule has 5 nitrogen and oxygen atoms in total. The SMILES string of the molecule is Cl.Cl.NCC1CCCN1C(=O)CCNc1ncc(C(F)(F)F)cc1Cl. The third kappa shape index (κ3) is 6.36. The van der Waals surface area contributed by atoms with Crippen LogP contribution in [0.4, 0.5) is 19.0 Å². The first kappa shape index (κ1) is 24.0. The zero-order chi connectivity index (χ0) is 17.0. The number of alkyl halides is 3. The van der Waals surface area contributed by atoms with Crippen molar-refractivity contribution < 1.29 is 18.0 Å². The van der Waals surface area contributed by atoms with Gasteiger partial charge < -0.3 is 16.0 Å². The second kappa shape index (κ2) is 10.3. The number of rotatable bonds is 5. The van der Waals surface area contributed by atoms with E-state index in [2.05, 4.69) is 10.3 Å². The Kier molecular flexibility index (Phi) is 9.86. The average molecular weight is 424 g/mol. The van der Waals surface area contributed by atoms with E-state index in [1.165, 1.54) is 0 Å². The van der Waals surface area contributed by atoms with Crippen molar-refractivity contribution in [2.24, 2.45) is 5.73 Å². The monoisotopic (exact) mass is 422 g/mol. The number of carbonyl (C=O) groups excluding carboxylic acids is 1. The van der Waals surface area contributed by atoms with Crippen LogP contribution in [0.3, 0.4) is 0 Å². The van der Waals surface area contributed by atoms with Crippen LogP contribution in [0.5, 0.6) is 0 Å². The number of pyridine rings is 1. The Labute approximate surface area is 161 Å². The molecule has 0 aliphatic carbocycles. The number of anilines is 1. The van der Waals surface area contributed by atoms with E-state index in [0.717, 1.165) is 18.9 Å². The first-order chi connectivity index (χ1) is 10.8. The Morgan fingerprint density at radius 2 is 2.12 bits per heavy atom. The van der Waals surface area contributed by atoms with Crippen LogP contribution in [0.15, 0.2) is 12.3 Å². The molecule has 0 radical (unpaired) electrons. The maximum absolute atomic E-state index is 12.5. The number of nitrogens with one attached hydrogen (secondary N) is 1. The van der Waals surface area contributed by atoms with E-state index in [4.69, 9.17) is 17.3 Å². The lowest BCUT2D eigenvalue weighted by Gasteiger charge is -2.23. The minimum absolute atomic E-state index is 0. The van der Waals surface area contributed by atoms with Crippen molar-refractivity contribution in [1.29, 1.82) is 0 Å². The van der Waals surface area contributed by atoms with Gasteiger partial charge in [-0.1, -0.05) is 11.6 Å². The number of hydrogen-bond acceptors (Lipinski definition) is 4. The van der Waals surface area contributed by atoms with Gasteiger partial charge in [0, 0.05) is 38.3 Å². The number of hydrogen-bond donors (Lipinski definition) is 2. The van der Waals surface area contributed by atoms with Crippen molar-refractivity contribution in [3.05, 3.63) is 22.8 Å². The fraction of sp³-hybridized carbons (Fsp3) is 0.571. The summed E-state index contributed by atoms with van der Waals surface area (Å²) in [7, 11) is 0. The summed E-state index contributed by atoms with van der Waals surface area (Å²) >= 11 is 5.79. The molecule has 25 heavy (non-hydrogen) atoms. The standard InChI is InChI=1S/C14H18ClF3N4O.2ClH/c15-11-6-9(14(16,17)18)8-21-13(11)20-4-3-12(23)22-5-1-2-10(22)7-19;;/h6,8,10H,1-5,7,19H2,(H,20,21);2*1H. The summed E-state index contributed by atoms with van der Waals surface area (Å²) in [6.45, 7) is 1.37. The summed E-state index contributed by atoms with van der Waals surface area (Å²) in [6, 6.07) is 0.888. The molecule has 1 aromatic rings.